The van der Waals surface area contributed by atoms with E-state index >= 15 is 0 Å². The number of carbonyl (C=O) groups excluding carboxylic acids is 2. The van der Waals surface area contributed by atoms with E-state index in [1.54, 1.807) is 11.0 Å². The summed E-state index contributed by atoms with van der Waals surface area (Å²) >= 11 is 2.25. The van der Waals surface area contributed by atoms with Crippen molar-refractivity contribution in [1.82, 2.24) is 15.2 Å². The zero-order chi connectivity index (χ0) is 18.9. The van der Waals surface area contributed by atoms with Gasteiger partial charge in [-0.25, -0.2) is 9.78 Å². The number of hydrogen-bond acceptors (Lipinski definition) is 4. The number of carbonyl (C=O) groups is 2. The fraction of sp³-hybridized carbons (Fsp3) is 0.421. The van der Waals surface area contributed by atoms with Crippen LogP contribution in [-0.4, -0.2) is 46.6 Å². The summed E-state index contributed by atoms with van der Waals surface area (Å²) in [5, 5.41) is 3.97. The van der Waals surface area contributed by atoms with Crippen LogP contribution in [0.2, 0.25) is 0 Å². The van der Waals surface area contributed by atoms with Crippen molar-refractivity contribution < 1.29 is 14.3 Å². The van der Waals surface area contributed by atoms with Gasteiger partial charge in [0.2, 0.25) is 0 Å². The number of nitrogens with zero attached hydrogens (tertiary/aromatic N) is 2. The second-order valence-electron chi connectivity index (χ2n) is 7.42. The lowest BCUT2D eigenvalue weighted by molar-refractivity contribution is 0.0290. The van der Waals surface area contributed by atoms with Crippen molar-refractivity contribution in [2.24, 2.45) is 0 Å². The van der Waals surface area contributed by atoms with E-state index in [2.05, 4.69) is 32.9 Å². The summed E-state index contributed by atoms with van der Waals surface area (Å²) in [6, 6.07) is 9.44. The van der Waals surface area contributed by atoms with Crippen LogP contribution in [0.15, 0.2) is 30.3 Å². The average molecular weight is 467 g/mol. The van der Waals surface area contributed by atoms with Gasteiger partial charge in [-0.15, -0.1) is 0 Å². The van der Waals surface area contributed by atoms with Gasteiger partial charge < -0.3 is 15.0 Å². The smallest absolute Gasteiger partial charge is 0.410 e. The molecule has 2 aromatic rings. The maximum atomic E-state index is 12.5. The summed E-state index contributed by atoms with van der Waals surface area (Å²) in [5.41, 5.74) is 0.653. The van der Waals surface area contributed by atoms with Gasteiger partial charge in [0.05, 0.1) is 5.52 Å². The molecule has 0 radical (unpaired) electrons. The maximum Gasteiger partial charge on any atom is 0.410 e. The number of hydrogen-bond donors (Lipinski definition) is 1. The van der Waals surface area contributed by atoms with Gasteiger partial charge in [0.1, 0.15) is 11.3 Å². The van der Waals surface area contributed by atoms with Gasteiger partial charge in [0.15, 0.2) is 0 Å². The molecule has 1 N–H and O–H groups in total. The highest BCUT2D eigenvalue weighted by Crippen LogP contribution is 2.18. The van der Waals surface area contributed by atoms with Crippen molar-refractivity contribution >= 4 is 45.5 Å². The Hall–Kier alpha value is -1.90. The van der Waals surface area contributed by atoms with Crippen LogP contribution in [0.5, 0.6) is 0 Å². The summed E-state index contributed by atoms with van der Waals surface area (Å²) in [6.07, 6.45) is 0.365. The van der Waals surface area contributed by atoms with Crippen molar-refractivity contribution in [3.8, 4) is 0 Å². The molecule has 0 bridgehead atoms. The van der Waals surface area contributed by atoms with Crippen molar-refractivity contribution in [3.05, 3.63) is 39.6 Å². The topological polar surface area (TPSA) is 71.5 Å². The highest BCUT2D eigenvalue weighted by atomic mass is 127. The van der Waals surface area contributed by atoms with E-state index in [4.69, 9.17) is 4.74 Å². The van der Waals surface area contributed by atoms with Crippen LogP contribution in [-0.2, 0) is 4.74 Å². The first-order valence-corrected chi connectivity index (χ1v) is 9.64. The molecule has 1 aliphatic heterocycles. The number of benzene rings is 1. The monoisotopic (exact) mass is 467 g/mol. The lowest BCUT2D eigenvalue weighted by atomic mass is 10.2. The molecule has 138 valence electrons. The standard InChI is InChI=1S/C19H22IN3O3/c1-19(2,3)26-18(25)23-9-8-14(11-23)21-17(24)16-6-4-12-10-13(20)5-7-15(12)22-16/h4-7,10,14H,8-9,11H2,1-3H3,(H,21,24). The number of fused-ring (bicyclic) bond motifs is 1. The third-order valence-electron chi connectivity index (χ3n) is 4.06. The molecule has 1 aromatic carbocycles. The number of rotatable bonds is 2. The molecule has 0 saturated carbocycles. The summed E-state index contributed by atoms with van der Waals surface area (Å²) < 4.78 is 6.51. The molecule has 1 aliphatic rings. The largest absolute Gasteiger partial charge is 0.444 e. The Balaban J connectivity index is 1.62. The normalized spacial score (nSPS) is 17.4. The maximum absolute atomic E-state index is 12.5. The first kappa shape index (κ1) is 18.9. The first-order valence-electron chi connectivity index (χ1n) is 8.56. The number of aromatic nitrogens is 1. The molecule has 7 heteroatoms. The second-order valence-corrected chi connectivity index (χ2v) is 8.66. The molecule has 0 spiro atoms. The van der Waals surface area contributed by atoms with E-state index in [1.807, 2.05) is 45.0 Å². The number of ether oxygens (including phenoxy) is 1. The minimum Gasteiger partial charge on any atom is -0.444 e. The van der Waals surface area contributed by atoms with E-state index < -0.39 is 5.60 Å². The van der Waals surface area contributed by atoms with Gasteiger partial charge in [-0.2, -0.15) is 0 Å². The molecular formula is C19H22IN3O3. The minimum atomic E-state index is -0.523. The number of halogens is 1. The molecule has 6 nitrogen and oxygen atoms in total. The fourth-order valence-electron chi connectivity index (χ4n) is 2.85. The van der Waals surface area contributed by atoms with E-state index in [9.17, 15) is 9.59 Å². The van der Waals surface area contributed by atoms with E-state index in [0.717, 1.165) is 14.5 Å². The summed E-state index contributed by atoms with van der Waals surface area (Å²) in [7, 11) is 0. The van der Waals surface area contributed by atoms with E-state index in [0.29, 0.717) is 25.2 Å². The number of pyridine rings is 1. The Morgan fingerprint density at radius 3 is 2.77 bits per heavy atom. The summed E-state index contributed by atoms with van der Waals surface area (Å²) in [5.74, 6) is -0.221. The molecular weight excluding hydrogens is 445 g/mol. The first-order chi connectivity index (χ1) is 12.2. The van der Waals surface area contributed by atoms with Crippen molar-refractivity contribution in [2.75, 3.05) is 13.1 Å². The molecule has 1 aromatic heterocycles. The number of likely N-dealkylation sites (tertiary alicyclic amines) is 1. The third kappa shape index (κ3) is 4.63. The minimum absolute atomic E-state index is 0.0933. The van der Waals surface area contributed by atoms with Crippen LogP contribution in [0.3, 0.4) is 0 Å². The van der Waals surface area contributed by atoms with Crippen molar-refractivity contribution in [3.63, 3.8) is 0 Å². The lowest BCUT2D eigenvalue weighted by Crippen LogP contribution is -2.40. The fourth-order valence-corrected chi connectivity index (χ4v) is 3.37. The van der Waals surface area contributed by atoms with Gasteiger partial charge in [-0.1, -0.05) is 6.07 Å². The molecule has 0 aliphatic carbocycles. The Morgan fingerprint density at radius 2 is 2.04 bits per heavy atom. The Morgan fingerprint density at radius 1 is 1.27 bits per heavy atom. The highest BCUT2D eigenvalue weighted by molar-refractivity contribution is 14.1. The van der Waals surface area contributed by atoms with Crippen LogP contribution in [0.1, 0.15) is 37.7 Å². The highest BCUT2D eigenvalue weighted by Gasteiger charge is 2.30. The Kier molecular flexibility index (Phi) is 5.36. The van der Waals surface area contributed by atoms with Crippen LogP contribution < -0.4 is 5.32 Å². The van der Waals surface area contributed by atoms with Crippen LogP contribution >= 0.6 is 22.6 Å². The summed E-state index contributed by atoms with van der Waals surface area (Å²) in [4.78, 5) is 30.7. The Labute approximate surface area is 166 Å². The van der Waals surface area contributed by atoms with Crippen LogP contribution in [0, 0.1) is 3.57 Å². The van der Waals surface area contributed by atoms with Gasteiger partial charge in [0, 0.05) is 28.1 Å². The van der Waals surface area contributed by atoms with Crippen LogP contribution in [0.4, 0.5) is 4.79 Å². The second kappa shape index (κ2) is 7.38. The SMILES string of the molecule is CC(C)(C)OC(=O)N1CCC(NC(=O)c2ccc3cc(I)ccc3n2)C1. The third-order valence-corrected chi connectivity index (χ3v) is 4.73. The zero-order valence-corrected chi connectivity index (χ0v) is 17.2. The number of nitrogens with one attached hydrogen (secondary N) is 1. The Bertz CT molecular complexity index is 848. The van der Waals surface area contributed by atoms with E-state index in [1.165, 1.54) is 0 Å². The van der Waals surface area contributed by atoms with Gasteiger partial charge in [0.25, 0.3) is 5.91 Å². The van der Waals surface area contributed by atoms with Gasteiger partial charge >= 0.3 is 6.09 Å². The molecule has 26 heavy (non-hydrogen) atoms. The molecule has 3 rings (SSSR count). The lowest BCUT2D eigenvalue weighted by Gasteiger charge is -2.24. The predicted octanol–water partition coefficient (Wildman–Crippen LogP) is 3.58. The van der Waals surface area contributed by atoms with Crippen molar-refractivity contribution in [1.29, 1.82) is 0 Å². The van der Waals surface area contributed by atoms with Gasteiger partial charge in [-0.05, 0) is 74.0 Å². The number of amides is 2. The van der Waals surface area contributed by atoms with Crippen molar-refractivity contribution in [2.45, 2.75) is 38.8 Å². The quantitative estimate of drug-likeness (QED) is 0.686. The summed E-state index contributed by atoms with van der Waals surface area (Å²) in [6.45, 7) is 6.54. The van der Waals surface area contributed by atoms with E-state index in [-0.39, 0.29) is 18.0 Å². The predicted molar refractivity (Wildman–Crippen MR) is 108 cm³/mol. The molecule has 2 heterocycles. The van der Waals surface area contributed by atoms with Crippen LogP contribution in [0.25, 0.3) is 10.9 Å². The molecule has 1 saturated heterocycles. The molecule has 2 amide bonds. The molecule has 1 unspecified atom stereocenters. The average Bonchev–Trinajstić information content (AvgIpc) is 3.01. The zero-order valence-electron chi connectivity index (χ0n) is 15.1. The molecule has 1 atom stereocenters. The molecule has 1 fully saturated rings. The van der Waals surface area contributed by atoms with Gasteiger partial charge in [-0.3, -0.25) is 4.79 Å².